The van der Waals surface area contributed by atoms with Gasteiger partial charge in [0.15, 0.2) is 0 Å². The second kappa shape index (κ2) is 5.52. The van der Waals surface area contributed by atoms with Crippen molar-refractivity contribution in [3.05, 3.63) is 29.3 Å². The summed E-state index contributed by atoms with van der Waals surface area (Å²) in [6, 6.07) is 2.37. The molecular weight excluding hydrogens is 252 g/mol. The molecule has 6 heteroatoms. The smallest absolute Gasteiger partial charge is 0.150 e. The summed E-state index contributed by atoms with van der Waals surface area (Å²) in [5, 5.41) is 7.23. The van der Waals surface area contributed by atoms with Crippen molar-refractivity contribution in [2.45, 2.75) is 18.9 Å². The average Bonchev–Trinajstić information content (AvgIpc) is 3.16. The molecule has 0 radical (unpaired) electrons. The topological polar surface area (TPSA) is 62.3 Å². The van der Waals surface area contributed by atoms with Crippen LogP contribution in [0.15, 0.2) is 12.1 Å². The Hall–Kier alpha value is -1.69. The number of rotatable bonds is 6. The minimum absolute atomic E-state index is 0.0513. The third-order valence-corrected chi connectivity index (χ3v) is 3.14. The van der Waals surface area contributed by atoms with Gasteiger partial charge in [0, 0.05) is 25.3 Å². The van der Waals surface area contributed by atoms with Gasteiger partial charge in [-0.15, -0.1) is 0 Å². The fourth-order valence-electron chi connectivity index (χ4n) is 2.05. The van der Waals surface area contributed by atoms with Crippen molar-refractivity contribution in [3.8, 4) is 0 Å². The predicted molar refractivity (Wildman–Crippen MR) is 69.6 cm³/mol. The molecule has 104 valence electrons. The van der Waals surface area contributed by atoms with Crippen LogP contribution in [0.5, 0.6) is 0 Å². The van der Waals surface area contributed by atoms with Crippen LogP contribution in [0.1, 0.15) is 18.4 Å². The Labute approximate surface area is 110 Å². The van der Waals surface area contributed by atoms with Gasteiger partial charge >= 0.3 is 0 Å². The number of nitrogens with one attached hydrogen (secondary N) is 1. The first-order valence-electron chi connectivity index (χ1n) is 6.13. The number of nitrogens with two attached hydrogens (primary N) is 1. The van der Waals surface area contributed by atoms with Gasteiger partial charge in [-0.2, -0.15) is 0 Å². The molecule has 0 bridgehead atoms. The molecule has 0 amide bonds. The number of halogens is 2. The highest BCUT2D eigenvalue weighted by atomic mass is 19.1. The van der Waals surface area contributed by atoms with Gasteiger partial charge in [0.1, 0.15) is 23.2 Å². The van der Waals surface area contributed by atoms with Crippen LogP contribution in [0.4, 0.5) is 14.5 Å². The molecule has 0 spiro atoms. The van der Waals surface area contributed by atoms with Crippen molar-refractivity contribution >= 4 is 11.5 Å². The lowest BCUT2D eigenvalue weighted by Gasteiger charge is -2.25. The van der Waals surface area contributed by atoms with Crippen LogP contribution >= 0.6 is 0 Å². The minimum atomic E-state index is -0.687. The molecule has 0 unspecified atom stereocenters. The Balaban J connectivity index is 2.33. The normalized spacial score (nSPS) is 14.5. The number of benzene rings is 1. The number of amidine groups is 1. The highest BCUT2D eigenvalue weighted by Gasteiger charge is 2.32. The van der Waals surface area contributed by atoms with Gasteiger partial charge in [0.2, 0.25) is 0 Å². The van der Waals surface area contributed by atoms with Crippen LogP contribution in [0.25, 0.3) is 0 Å². The Bertz CT molecular complexity index is 466. The number of nitrogen functional groups attached to an aromatic ring is 1. The van der Waals surface area contributed by atoms with E-state index in [1.54, 1.807) is 12.0 Å². The van der Waals surface area contributed by atoms with E-state index in [1.807, 2.05) is 0 Å². The van der Waals surface area contributed by atoms with Crippen molar-refractivity contribution in [1.82, 2.24) is 0 Å². The third kappa shape index (κ3) is 3.01. The van der Waals surface area contributed by atoms with E-state index in [9.17, 15) is 8.78 Å². The molecule has 0 saturated heterocycles. The van der Waals surface area contributed by atoms with Crippen molar-refractivity contribution in [2.75, 3.05) is 25.2 Å². The number of anilines is 1. The van der Waals surface area contributed by atoms with Gasteiger partial charge in [-0.3, -0.25) is 5.41 Å². The van der Waals surface area contributed by atoms with Crippen LogP contribution < -0.4 is 10.6 Å². The Kier molecular flexibility index (Phi) is 3.99. The maximum absolute atomic E-state index is 14.1. The van der Waals surface area contributed by atoms with Crippen molar-refractivity contribution in [1.29, 1.82) is 5.41 Å². The SMILES string of the molecule is COCCN(c1c(F)cc(C(=N)N)cc1F)C1CC1. The summed E-state index contributed by atoms with van der Waals surface area (Å²) in [7, 11) is 1.55. The van der Waals surface area contributed by atoms with Crippen molar-refractivity contribution in [2.24, 2.45) is 5.73 Å². The molecule has 1 aromatic rings. The summed E-state index contributed by atoms with van der Waals surface area (Å²) < 4.78 is 33.1. The molecule has 1 aliphatic rings. The molecule has 1 fully saturated rings. The monoisotopic (exact) mass is 269 g/mol. The molecule has 0 aromatic heterocycles. The zero-order valence-corrected chi connectivity index (χ0v) is 10.7. The quantitative estimate of drug-likeness (QED) is 0.612. The van der Waals surface area contributed by atoms with Crippen LogP contribution in [-0.2, 0) is 4.74 Å². The van der Waals surface area contributed by atoms with E-state index in [2.05, 4.69) is 0 Å². The summed E-state index contributed by atoms with van der Waals surface area (Å²) in [5.41, 5.74) is 5.25. The van der Waals surface area contributed by atoms with Crippen molar-refractivity contribution in [3.63, 3.8) is 0 Å². The van der Waals surface area contributed by atoms with E-state index in [0.29, 0.717) is 13.2 Å². The van der Waals surface area contributed by atoms with Gasteiger partial charge < -0.3 is 15.4 Å². The number of nitrogens with zero attached hydrogens (tertiary/aromatic N) is 1. The molecule has 4 nitrogen and oxygen atoms in total. The lowest BCUT2D eigenvalue weighted by molar-refractivity contribution is 0.204. The fraction of sp³-hybridized carbons (Fsp3) is 0.462. The maximum Gasteiger partial charge on any atom is 0.150 e. The lowest BCUT2D eigenvalue weighted by Crippen LogP contribution is -2.31. The first kappa shape index (κ1) is 13.7. The summed E-state index contributed by atoms with van der Waals surface area (Å²) >= 11 is 0. The molecule has 0 heterocycles. The van der Waals surface area contributed by atoms with Crippen LogP contribution in [0.3, 0.4) is 0 Å². The number of hydrogen-bond donors (Lipinski definition) is 2. The zero-order valence-electron chi connectivity index (χ0n) is 10.7. The van der Waals surface area contributed by atoms with E-state index in [0.717, 1.165) is 25.0 Å². The highest BCUT2D eigenvalue weighted by molar-refractivity contribution is 5.95. The lowest BCUT2D eigenvalue weighted by atomic mass is 10.1. The van der Waals surface area contributed by atoms with E-state index in [1.165, 1.54) is 0 Å². The first-order valence-corrected chi connectivity index (χ1v) is 6.13. The molecule has 0 aliphatic heterocycles. The van der Waals surface area contributed by atoms with Gasteiger partial charge in [-0.05, 0) is 25.0 Å². The summed E-state index contributed by atoms with van der Waals surface area (Å²) in [6.07, 6.45) is 1.86. The van der Waals surface area contributed by atoms with Gasteiger partial charge in [-0.1, -0.05) is 0 Å². The van der Waals surface area contributed by atoms with Gasteiger partial charge in [0.25, 0.3) is 0 Å². The third-order valence-electron chi connectivity index (χ3n) is 3.14. The Morgan fingerprint density at radius 1 is 1.42 bits per heavy atom. The number of methoxy groups -OCH3 is 1. The molecular formula is C13H17F2N3O. The van der Waals surface area contributed by atoms with Crippen LogP contribution in [0.2, 0.25) is 0 Å². The second-order valence-corrected chi connectivity index (χ2v) is 4.62. The number of hydrogen-bond acceptors (Lipinski definition) is 3. The molecule has 19 heavy (non-hydrogen) atoms. The number of ether oxygens (including phenoxy) is 1. The van der Waals surface area contributed by atoms with Gasteiger partial charge in [-0.25, -0.2) is 8.78 Å². The largest absolute Gasteiger partial charge is 0.384 e. The fourth-order valence-corrected chi connectivity index (χ4v) is 2.05. The van der Waals surface area contributed by atoms with E-state index in [-0.39, 0.29) is 23.1 Å². The second-order valence-electron chi connectivity index (χ2n) is 4.62. The van der Waals surface area contributed by atoms with Gasteiger partial charge in [0.05, 0.1) is 6.61 Å². The highest BCUT2D eigenvalue weighted by Crippen LogP contribution is 2.35. The minimum Gasteiger partial charge on any atom is -0.384 e. The van der Waals surface area contributed by atoms with E-state index < -0.39 is 11.6 Å². The standard InChI is InChI=1S/C13H17F2N3O/c1-19-5-4-18(9-2-3-9)12-10(14)6-8(13(16)17)7-11(12)15/h6-7,9H,2-5H2,1H3,(H3,16,17). The molecule has 2 rings (SSSR count). The van der Waals surface area contributed by atoms with E-state index in [4.69, 9.17) is 15.9 Å². The molecule has 1 saturated carbocycles. The van der Waals surface area contributed by atoms with Crippen LogP contribution in [-0.4, -0.2) is 32.1 Å². The summed E-state index contributed by atoms with van der Waals surface area (Å²) in [5.74, 6) is -1.72. The predicted octanol–water partition coefficient (Wildman–Crippen LogP) is 1.86. The molecule has 1 aromatic carbocycles. The Morgan fingerprint density at radius 3 is 2.42 bits per heavy atom. The molecule has 0 atom stereocenters. The first-order chi connectivity index (χ1) is 9.04. The summed E-state index contributed by atoms with van der Waals surface area (Å²) in [4.78, 5) is 1.69. The van der Waals surface area contributed by atoms with E-state index >= 15 is 0 Å². The Morgan fingerprint density at radius 2 is 2.00 bits per heavy atom. The average molecular weight is 269 g/mol. The maximum atomic E-state index is 14.1. The van der Waals surface area contributed by atoms with Crippen LogP contribution in [0, 0.1) is 17.0 Å². The summed E-state index contributed by atoms with van der Waals surface area (Å²) in [6.45, 7) is 0.846. The van der Waals surface area contributed by atoms with Crippen molar-refractivity contribution < 1.29 is 13.5 Å². The molecule has 1 aliphatic carbocycles. The molecule has 3 N–H and O–H groups in total. The zero-order chi connectivity index (χ0) is 14.0.